The highest BCUT2D eigenvalue weighted by molar-refractivity contribution is 9.10. The van der Waals surface area contributed by atoms with Crippen LogP contribution in [0.5, 0.6) is 0 Å². The predicted molar refractivity (Wildman–Crippen MR) is 119 cm³/mol. The molecule has 0 amide bonds. The summed E-state index contributed by atoms with van der Waals surface area (Å²) in [7, 11) is 0. The van der Waals surface area contributed by atoms with Crippen molar-refractivity contribution in [1.82, 2.24) is 15.0 Å². The first-order valence-corrected chi connectivity index (χ1v) is 10.3. The van der Waals surface area contributed by atoms with Crippen LogP contribution in [0.2, 0.25) is 0 Å². The van der Waals surface area contributed by atoms with E-state index in [1.165, 1.54) is 10.9 Å². The minimum absolute atomic E-state index is 0.0641. The second kappa shape index (κ2) is 6.65. The minimum atomic E-state index is -0.0641. The number of hydrogen-bond donors (Lipinski definition) is 1. The summed E-state index contributed by atoms with van der Waals surface area (Å²) in [6.07, 6.45) is 1.79. The van der Waals surface area contributed by atoms with Crippen LogP contribution in [-0.2, 0) is 0 Å². The molecule has 0 atom stereocenters. The fourth-order valence-electron chi connectivity index (χ4n) is 3.35. The van der Waals surface area contributed by atoms with Gasteiger partial charge < -0.3 is 4.98 Å². The van der Waals surface area contributed by atoms with Crippen molar-refractivity contribution in [2.75, 3.05) is 0 Å². The summed E-state index contributed by atoms with van der Waals surface area (Å²) in [6, 6.07) is 17.7. The van der Waals surface area contributed by atoms with Gasteiger partial charge in [-0.15, -0.1) is 11.3 Å². The topological polar surface area (TPSA) is 58.6 Å². The Labute approximate surface area is 173 Å². The molecule has 1 N–H and O–H groups in total. The number of aromatic nitrogens is 3. The first-order valence-electron chi connectivity index (χ1n) is 8.74. The van der Waals surface area contributed by atoms with Crippen molar-refractivity contribution < 1.29 is 0 Å². The number of pyridine rings is 3. The normalized spacial score (nSPS) is 11.4. The number of H-pyrrole nitrogens is 1. The van der Waals surface area contributed by atoms with Crippen molar-refractivity contribution in [3.8, 4) is 21.7 Å². The highest BCUT2D eigenvalue weighted by Crippen LogP contribution is 2.36. The molecule has 0 bridgehead atoms. The predicted octanol–water partition coefficient (Wildman–Crippen LogP) is 5.94. The van der Waals surface area contributed by atoms with Crippen molar-refractivity contribution in [1.29, 1.82) is 0 Å². The molecule has 28 heavy (non-hydrogen) atoms. The van der Waals surface area contributed by atoms with Gasteiger partial charge in [-0.2, -0.15) is 0 Å². The standard InChI is InChI=1S/C22H14BrN3OS/c1-12-4-7-19(28-12)21-15(10-16-18(27)11-20(23)25-22(16)26-21)13-5-6-17-14(9-13)3-2-8-24-17/h2-11H,1H3,(H,25,26,27). The zero-order valence-electron chi connectivity index (χ0n) is 14.9. The van der Waals surface area contributed by atoms with E-state index >= 15 is 0 Å². The third-order valence-corrected chi connectivity index (χ3v) is 6.11. The molecule has 5 aromatic rings. The smallest absolute Gasteiger partial charge is 0.192 e. The molecule has 4 heterocycles. The number of thiophene rings is 1. The molecule has 0 saturated heterocycles. The Hall–Kier alpha value is -2.83. The SMILES string of the molecule is Cc1ccc(-c2nc3[nH]c(Br)cc(=O)c3cc2-c2ccc3ncccc3c2)s1. The molecule has 0 unspecified atom stereocenters. The first kappa shape index (κ1) is 17.3. The molecule has 0 aliphatic heterocycles. The molecule has 4 aromatic heterocycles. The maximum atomic E-state index is 12.5. The Morgan fingerprint density at radius 1 is 1.07 bits per heavy atom. The van der Waals surface area contributed by atoms with Gasteiger partial charge in [-0.1, -0.05) is 12.1 Å². The Morgan fingerprint density at radius 2 is 1.96 bits per heavy atom. The fourth-order valence-corrected chi connectivity index (χ4v) is 4.62. The van der Waals surface area contributed by atoms with Crippen LogP contribution in [0.15, 0.2) is 70.2 Å². The van der Waals surface area contributed by atoms with Gasteiger partial charge >= 0.3 is 0 Å². The van der Waals surface area contributed by atoms with Crippen molar-refractivity contribution in [2.45, 2.75) is 6.92 Å². The maximum absolute atomic E-state index is 12.5. The van der Waals surface area contributed by atoms with Gasteiger partial charge in [-0.05, 0) is 64.8 Å². The summed E-state index contributed by atoms with van der Waals surface area (Å²) in [5.41, 5.74) is 4.27. The van der Waals surface area contributed by atoms with E-state index in [2.05, 4.69) is 51.0 Å². The third kappa shape index (κ3) is 2.95. The van der Waals surface area contributed by atoms with E-state index in [9.17, 15) is 4.79 Å². The lowest BCUT2D eigenvalue weighted by Crippen LogP contribution is -2.04. The van der Waals surface area contributed by atoms with E-state index < -0.39 is 0 Å². The number of rotatable bonds is 2. The highest BCUT2D eigenvalue weighted by Gasteiger charge is 2.15. The summed E-state index contributed by atoms with van der Waals surface area (Å²) < 4.78 is 0.621. The number of nitrogens with one attached hydrogen (secondary N) is 1. The molecule has 0 spiro atoms. The number of fused-ring (bicyclic) bond motifs is 2. The average Bonchev–Trinajstić information content (AvgIpc) is 3.13. The summed E-state index contributed by atoms with van der Waals surface area (Å²) >= 11 is 5.05. The molecule has 4 nitrogen and oxygen atoms in total. The Balaban J connectivity index is 1.85. The Kier molecular flexibility index (Phi) is 4.10. The summed E-state index contributed by atoms with van der Waals surface area (Å²) in [6.45, 7) is 2.08. The van der Waals surface area contributed by atoms with Crippen molar-refractivity contribution in [3.05, 3.63) is 80.5 Å². The lowest BCUT2D eigenvalue weighted by molar-refractivity contribution is 1.25. The van der Waals surface area contributed by atoms with Crippen LogP contribution in [-0.4, -0.2) is 15.0 Å². The highest BCUT2D eigenvalue weighted by atomic mass is 79.9. The Morgan fingerprint density at radius 3 is 2.79 bits per heavy atom. The van der Waals surface area contributed by atoms with Crippen LogP contribution in [0.25, 0.3) is 43.6 Å². The third-order valence-electron chi connectivity index (χ3n) is 4.67. The van der Waals surface area contributed by atoms with E-state index in [4.69, 9.17) is 4.98 Å². The number of nitrogens with zero attached hydrogens (tertiary/aromatic N) is 2. The van der Waals surface area contributed by atoms with E-state index in [0.29, 0.717) is 15.6 Å². The quantitative estimate of drug-likeness (QED) is 0.340. The monoisotopic (exact) mass is 447 g/mol. The molecule has 6 heteroatoms. The van der Waals surface area contributed by atoms with Crippen LogP contribution in [0.4, 0.5) is 0 Å². The van der Waals surface area contributed by atoms with Crippen molar-refractivity contribution >= 4 is 49.2 Å². The second-order valence-corrected chi connectivity index (χ2v) is 8.73. The molecule has 0 saturated carbocycles. The zero-order chi connectivity index (χ0) is 19.3. The van der Waals surface area contributed by atoms with Gasteiger partial charge in [0.15, 0.2) is 5.43 Å². The van der Waals surface area contributed by atoms with Crippen LogP contribution >= 0.6 is 27.3 Å². The minimum Gasteiger partial charge on any atom is -0.334 e. The van der Waals surface area contributed by atoms with Crippen LogP contribution in [0.1, 0.15) is 4.88 Å². The Bertz CT molecular complexity index is 1420. The van der Waals surface area contributed by atoms with E-state index in [0.717, 1.165) is 32.6 Å². The van der Waals surface area contributed by atoms with Gasteiger partial charge in [0.25, 0.3) is 0 Å². The number of hydrogen-bond acceptors (Lipinski definition) is 4. The summed E-state index contributed by atoms with van der Waals surface area (Å²) in [5.74, 6) is 0. The molecule has 0 aliphatic carbocycles. The lowest BCUT2D eigenvalue weighted by Gasteiger charge is -2.11. The van der Waals surface area contributed by atoms with Gasteiger partial charge in [0, 0.05) is 28.1 Å². The average molecular weight is 448 g/mol. The summed E-state index contributed by atoms with van der Waals surface area (Å²) in [4.78, 5) is 27.2. The van der Waals surface area contributed by atoms with E-state index in [1.54, 1.807) is 17.5 Å². The molecular formula is C22H14BrN3OS. The molecule has 136 valence electrons. The molecule has 0 radical (unpaired) electrons. The largest absolute Gasteiger partial charge is 0.334 e. The molecular weight excluding hydrogens is 434 g/mol. The molecule has 1 aromatic carbocycles. The fraction of sp³-hybridized carbons (Fsp3) is 0.0455. The molecule has 5 rings (SSSR count). The second-order valence-electron chi connectivity index (χ2n) is 6.58. The number of benzene rings is 1. The zero-order valence-corrected chi connectivity index (χ0v) is 17.3. The molecule has 0 fully saturated rings. The first-order chi connectivity index (χ1) is 13.6. The van der Waals surface area contributed by atoms with Gasteiger partial charge in [0.2, 0.25) is 0 Å². The van der Waals surface area contributed by atoms with Crippen LogP contribution in [0.3, 0.4) is 0 Å². The van der Waals surface area contributed by atoms with Gasteiger partial charge in [-0.25, -0.2) is 4.98 Å². The van der Waals surface area contributed by atoms with E-state index in [-0.39, 0.29) is 5.43 Å². The molecule has 0 aliphatic rings. The number of aryl methyl sites for hydroxylation is 1. The van der Waals surface area contributed by atoms with Crippen LogP contribution in [0, 0.1) is 6.92 Å². The summed E-state index contributed by atoms with van der Waals surface area (Å²) in [5, 5.41) is 1.62. The van der Waals surface area contributed by atoms with Gasteiger partial charge in [0.05, 0.1) is 26.1 Å². The number of aromatic amines is 1. The van der Waals surface area contributed by atoms with Gasteiger partial charge in [-0.3, -0.25) is 9.78 Å². The van der Waals surface area contributed by atoms with Gasteiger partial charge in [0.1, 0.15) is 5.65 Å². The van der Waals surface area contributed by atoms with Crippen molar-refractivity contribution in [3.63, 3.8) is 0 Å². The van der Waals surface area contributed by atoms with Crippen LogP contribution < -0.4 is 5.43 Å². The van der Waals surface area contributed by atoms with E-state index in [1.807, 2.05) is 30.3 Å². The van der Waals surface area contributed by atoms with Crippen molar-refractivity contribution in [2.24, 2.45) is 0 Å². The maximum Gasteiger partial charge on any atom is 0.192 e. The lowest BCUT2D eigenvalue weighted by atomic mass is 9.99. The number of halogens is 1.